The molecule has 164 valence electrons. The summed E-state index contributed by atoms with van der Waals surface area (Å²) in [7, 11) is 5.50. The quantitative estimate of drug-likeness (QED) is 0.522. The van der Waals surface area contributed by atoms with Crippen LogP contribution in [0, 0.1) is 5.82 Å². The van der Waals surface area contributed by atoms with E-state index in [0.29, 0.717) is 26.1 Å². The monoisotopic (exact) mass is 424 g/mol. The minimum absolute atomic E-state index is 0.0542. The first kappa shape index (κ1) is 22.5. The van der Waals surface area contributed by atoms with Gasteiger partial charge in [0.1, 0.15) is 11.6 Å². The third kappa shape index (κ3) is 4.94. The summed E-state index contributed by atoms with van der Waals surface area (Å²) >= 11 is 0. The molecule has 0 N–H and O–H groups in total. The van der Waals surface area contributed by atoms with E-state index in [1.165, 1.54) is 12.1 Å². The van der Waals surface area contributed by atoms with Crippen LogP contribution in [0.4, 0.5) is 10.2 Å². The van der Waals surface area contributed by atoms with Crippen LogP contribution in [-0.2, 0) is 17.7 Å². The van der Waals surface area contributed by atoms with Gasteiger partial charge < -0.3 is 14.5 Å². The van der Waals surface area contributed by atoms with Crippen molar-refractivity contribution in [2.75, 3.05) is 39.3 Å². The molecule has 1 aromatic heterocycles. The number of hydrogen-bond acceptors (Lipinski definition) is 4. The zero-order chi connectivity index (χ0) is 22.4. The highest BCUT2D eigenvalue weighted by atomic mass is 19.1. The Labute approximate surface area is 182 Å². The number of halogens is 1. The maximum absolute atomic E-state index is 14.3. The van der Waals surface area contributed by atoms with E-state index in [0.717, 1.165) is 22.8 Å². The van der Waals surface area contributed by atoms with Crippen LogP contribution < -0.4 is 4.90 Å². The van der Waals surface area contributed by atoms with Crippen LogP contribution in [0.2, 0.25) is 0 Å². The summed E-state index contributed by atoms with van der Waals surface area (Å²) in [5.41, 5.74) is 2.84. The molecule has 2 aromatic carbocycles. The summed E-state index contributed by atoms with van der Waals surface area (Å²) in [6, 6.07) is 15.9. The van der Waals surface area contributed by atoms with Gasteiger partial charge in [-0.15, -0.1) is 0 Å². The van der Waals surface area contributed by atoms with Crippen molar-refractivity contribution in [2.24, 2.45) is 0 Å². The number of hydrogen-bond donors (Lipinski definition) is 0. The Kier molecular flexibility index (Phi) is 7.41. The Morgan fingerprint density at radius 3 is 2.39 bits per heavy atom. The fourth-order valence-corrected chi connectivity index (χ4v) is 3.59. The van der Waals surface area contributed by atoms with E-state index in [1.807, 2.05) is 60.9 Å². The minimum Gasteiger partial charge on any atom is -0.383 e. The summed E-state index contributed by atoms with van der Waals surface area (Å²) in [6.45, 7) is 3.04. The van der Waals surface area contributed by atoms with Gasteiger partial charge in [-0.3, -0.25) is 4.79 Å². The van der Waals surface area contributed by atoms with E-state index in [1.54, 1.807) is 24.1 Å². The Morgan fingerprint density at radius 1 is 1.10 bits per heavy atom. The van der Waals surface area contributed by atoms with Gasteiger partial charge >= 0.3 is 0 Å². The molecule has 7 heteroatoms. The molecule has 0 saturated heterocycles. The van der Waals surface area contributed by atoms with Crippen molar-refractivity contribution in [3.63, 3.8) is 0 Å². The molecule has 0 aliphatic carbocycles. The van der Waals surface area contributed by atoms with Crippen LogP contribution in [0.25, 0.3) is 5.69 Å². The second-order valence-corrected chi connectivity index (χ2v) is 7.44. The Hall–Kier alpha value is -3.19. The van der Waals surface area contributed by atoms with Crippen molar-refractivity contribution in [1.29, 1.82) is 0 Å². The van der Waals surface area contributed by atoms with Crippen LogP contribution >= 0.6 is 0 Å². The van der Waals surface area contributed by atoms with Gasteiger partial charge in [-0.05, 0) is 30.7 Å². The van der Waals surface area contributed by atoms with Crippen molar-refractivity contribution in [3.05, 3.63) is 77.2 Å². The number of rotatable bonds is 9. The van der Waals surface area contributed by atoms with Gasteiger partial charge in [0.2, 0.25) is 0 Å². The van der Waals surface area contributed by atoms with E-state index in [9.17, 15) is 9.18 Å². The molecule has 1 heterocycles. The average Bonchev–Trinajstić information content (AvgIpc) is 3.15. The smallest absolute Gasteiger partial charge is 0.257 e. The number of benzene rings is 2. The minimum atomic E-state index is -0.529. The molecule has 3 rings (SSSR count). The summed E-state index contributed by atoms with van der Waals surface area (Å²) < 4.78 is 21.5. The lowest BCUT2D eigenvalue weighted by molar-refractivity contribution is 0.0675. The topological polar surface area (TPSA) is 50.6 Å². The Bertz CT molecular complexity index is 1020. The summed E-state index contributed by atoms with van der Waals surface area (Å²) in [6.07, 6.45) is 0.710. The van der Waals surface area contributed by atoms with Crippen molar-refractivity contribution < 1.29 is 13.9 Å². The summed E-state index contributed by atoms with van der Waals surface area (Å²) in [4.78, 5) is 16.8. The normalized spacial score (nSPS) is 10.9. The zero-order valence-corrected chi connectivity index (χ0v) is 18.5. The third-order valence-electron chi connectivity index (χ3n) is 5.10. The van der Waals surface area contributed by atoms with Gasteiger partial charge in [-0.2, -0.15) is 5.10 Å². The van der Waals surface area contributed by atoms with Crippen molar-refractivity contribution in [3.8, 4) is 5.69 Å². The molecule has 1 amide bonds. The van der Waals surface area contributed by atoms with E-state index in [4.69, 9.17) is 9.84 Å². The molecule has 31 heavy (non-hydrogen) atoms. The number of carbonyl (C=O) groups is 1. The number of ether oxygens (including phenoxy) is 1. The van der Waals surface area contributed by atoms with Gasteiger partial charge in [0, 0.05) is 33.3 Å². The third-order valence-corrected chi connectivity index (χ3v) is 5.10. The van der Waals surface area contributed by atoms with Crippen LogP contribution in [0.3, 0.4) is 0 Å². The highest BCUT2D eigenvalue weighted by Gasteiger charge is 2.25. The number of carbonyl (C=O) groups excluding carboxylic acids is 1. The molecule has 3 aromatic rings. The molecule has 0 unspecified atom stereocenters. The fourth-order valence-electron chi connectivity index (χ4n) is 3.59. The lowest BCUT2D eigenvalue weighted by atomic mass is 10.1. The van der Waals surface area contributed by atoms with Crippen LogP contribution in [0.1, 0.15) is 28.5 Å². The second kappa shape index (κ2) is 10.2. The molecular formula is C24H29FN4O2. The van der Waals surface area contributed by atoms with Gasteiger partial charge in [-0.25, -0.2) is 9.07 Å². The van der Waals surface area contributed by atoms with E-state index >= 15 is 0 Å². The average molecular weight is 425 g/mol. The van der Waals surface area contributed by atoms with Gasteiger partial charge in [0.05, 0.1) is 30.1 Å². The van der Waals surface area contributed by atoms with Crippen LogP contribution in [-0.4, -0.2) is 54.9 Å². The first-order valence-electron chi connectivity index (χ1n) is 10.3. The number of methoxy groups -OCH3 is 1. The highest BCUT2D eigenvalue weighted by molar-refractivity contribution is 5.94. The van der Waals surface area contributed by atoms with Gasteiger partial charge in [0.15, 0.2) is 0 Å². The Balaban J connectivity index is 2.05. The van der Waals surface area contributed by atoms with Crippen molar-refractivity contribution >= 4 is 11.7 Å². The number of nitrogens with zero attached hydrogens (tertiary/aromatic N) is 4. The van der Waals surface area contributed by atoms with Gasteiger partial charge in [-0.1, -0.05) is 37.3 Å². The molecule has 0 aliphatic heterocycles. The van der Waals surface area contributed by atoms with Crippen LogP contribution in [0.15, 0.2) is 54.6 Å². The predicted molar refractivity (Wildman–Crippen MR) is 120 cm³/mol. The molecule has 0 spiro atoms. The summed E-state index contributed by atoms with van der Waals surface area (Å²) in [5, 5.41) is 4.83. The maximum atomic E-state index is 14.3. The number of aryl methyl sites for hydroxylation is 1. The first-order valence-corrected chi connectivity index (χ1v) is 10.3. The second-order valence-electron chi connectivity index (χ2n) is 7.44. The number of para-hydroxylation sites is 1. The number of aromatic nitrogens is 2. The SMILES string of the molecule is CCc1nn(-c2ccccc2)c(N(C)C)c1CN(CCOC)C(=O)c1ccccc1F. The van der Waals surface area contributed by atoms with E-state index < -0.39 is 5.82 Å². The molecular weight excluding hydrogens is 395 g/mol. The summed E-state index contributed by atoms with van der Waals surface area (Å²) in [5.74, 6) is -0.000355. The lowest BCUT2D eigenvalue weighted by Crippen LogP contribution is -2.34. The predicted octanol–water partition coefficient (Wildman–Crippen LogP) is 3.93. The first-order chi connectivity index (χ1) is 15.0. The molecule has 0 bridgehead atoms. The molecule has 0 atom stereocenters. The van der Waals surface area contributed by atoms with E-state index in [-0.39, 0.29) is 11.5 Å². The maximum Gasteiger partial charge on any atom is 0.257 e. The molecule has 0 fully saturated rings. The Morgan fingerprint density at radius 2 is 1.77 bits per heavy atom. The fraction of sp³-hybridized carbons (Fsp3) is 0.333. The van der Waals surface area contributed by atoms with Crippen LogP contribution in [0.5, 0.6) is 0 Å². The molecule has 0 saturated carbocycles. The lowest BCUT2D eigenvalue weighted by Gasteiger charge is -2.25. The highest BCUT2D eigenvalue weighted by Crippen LogP contribution is 2.28. The number of amides is 1. The van der Waals surface area contributed by atoms with Crippen molar-refractivity contribution in [2.45, 2.75) is 19.9 Å². The van der Waals surface area contributed by atoms with Gasteiger partial charge in [0.25, 0.3) is 5.91 Å². The standard InChI is InChI=1S/C24H29FN4O2/c1-5-22-20(23(27(2)3)29(26-22)18-11-7-6-8-12-18)17-28(15-16-31-4)24(30)19-13-9-10-14-21(19)25/h6-14H,5,15-17H2,1-4H3. The number of anilines is 1. The zero-order valence-electron chi connectivity index (χ0n) is 18.5. The largest absolute Gasteiger partial charge is 0.383 e. The molecule has 0 aliphatic rings. The molecule has 6 nitrogen and oxygen atoms in total. The molecule has 0 radical (unpaired) electrons. The van der Waals surface area contributed by atoms with Crippen molar-refractivity contribution in [1.82, 2.24) is 14.7 Å². The van der Waals surface area contributed by atoms with E-state index in [2.05, 4.69) is 0 Å².